The second-order valence-corrected chi connectivity index (χ2v) is 11.0. The molecule has 0 radical (unpaired) electrons. The normalized spacial score (nSPS) is 11.2. The van der Waals surface area contributed by atoms with Crippen LogP contribution in [0.3, 0.4) is 0 Å². The third-order valence-corrected chi connectivity index (χ3v) is 8.10. The van der Waals surface area contributed by atoms with Crippen molar-refractivity contribution in [3.63, 3.8) is 0 Å². The van der Waals surface area contributed by atoms with Crippen LogP contribution in [0.1, 0.15) is 0 Å². The van der Waals surface area contributed by atoms with Gasteiger partial charge in [-0.25, -0.2) is 15.0 Å². The van der Waals surface area contributed by atoms with Gasteiger partial charge in [0.2, 0.25) is 0 Å². The summed E-state index contributed by atoms with van der Waals surface area (Å²) in [5.41, 5.74) is 7.65. The van der Waals surface area contributed by atoms with Crippen molar-refractivity contribution < 1.29 is 0 Å². The molecule has 0 unspecified atom stereocenters. The van der Waals surface area contributed by atoms with Gasteiger partial charge in [0.05, 0.1) is 0 Å². The number of aromatic nitrogens is 3. The lowest BCUT2D eigenvalue weighted by Crippen LogP contribution is -2.00. The summed E-state index contributed by atoms with van der Waals surface area (Å²) in [5, 5.41) is 4.79. The summed E-state index contributed by atoms with van der Waals surface area (Å²) in [5.74, 6) is 1.97. The number of fused-ring (bicyclic) bond motifs is 2. The molecule has 0 atom stereocenters. The molecule has 0 N–H and O–H groups in total. The molecular formula is C41H27N3. The number of nitrogens with zero attached hydrogens (tertiary/aromatic N) is 3. The summed E-state index contributed by atoms with van der Waals surface area (Å²) in [7, 11) is 0. The minimum absolute atomic E-state index is 0.653. The first-order valence-electron chi connectivity index (χ1n) is 14.8. The third-order valence-electron chi connectivity index (χ3n) is 8.10. The minimum atomic E-state index is 0.653. The number of hydrogen-bond acceptors (Lipinski definition) is 3. The van der Waals surface area contributed by atoms with Gasteiger partial charge < -0.3 is 0 Å². The van der Waals surface area contributed by atoms with Crippen molar-refractivity contribution in [2.45, 2.75) is 0 Å². The van der Waals surface area contributed by atoms with Crippen molar-refractivity contribution in [3.8, 4) is 56.4 Å². The van der Waals surface area contributed by atoms with Gasteiger partial charge in [0.15, 0.2) is 17.5 Å². The van der Waals surface area contributed by atoms with Crippen LogP contribution in [0.15, 0.2) is 164 Å². The molecule has 3 nitrogen and oxygen atoms in total. The molecule has 1 heterocycles. The van der Waals surface area contributed by atoms with E-state index >= 15 is 0 Å². The first kappa shape index (κ1) is 25.8. The Morgan fingerprint density at radius 2 is 0.568 bits per heavy atom. The van der Waals surface area contributed by atoms with Crippen LogP contribution in [0.25, 0.3) is 78.0 Å². The average Bonchev–Trinajstić information content (AvgIpc) is 3.11. The zero-order valence-corrected chi connectivity index (χ0v) is 23.9. The Labute approximate surface area is 256 Å². The SMILES string of the molecule is c1ccc(-c2ccc3cc(-c4ccc(-c5nc(-c6ccccc6)nc(-c6ccc7ccccc7c6)n5)cc4)ccc3c2)cc1. The zero-order chi connectivity index (χ0) is 29.3. The van der Waals surface area contributed by atoms with Gasteiger partial charge in [0, 0.05) is 16.7 Å². The van der Waals surface area contributed by atoms with E-state index in [2.05, 4.69) is 133 Å². The van der Waals surface area contributed by atoms with E-state index in [1.807, 2.05) is 30.3 Å². The Hall–Kier alpha value is -5.93. The first-order valence-corrected chi connectivity index (χ1v) is 14.8. The van der Waals surface area contributed by atoms with Crippen LogP contribution < -0.4 is 0 Å². The van der Waals surface area contributed by atoms with Gasteiger partial charge in [-0.2, -0.15) is 0 Å². The van der Waals surface area contributed by atoms with Crippen LogP contribution in [-0.4, -0.2) is 15.0 Å². The van der Waals surface area contributed by atoms with Crippen molar-refractivity contribution in [1.82, 2.24) is 15.0 Å². The van der Waals surface area contributed by atoms with E-state index in [0.717, 1.165) is 27.6 Å². The Kier molecular flexibility index (Phi) is 6.47. The molecule has 8 aromatic rings. The van der Waals surface area contributed by atoms with Crippen molar-refractivity contribution in [3.05, 3.63) is 164 Å². The van der Waals surface area contributed by atoms with E-state index in [1.165, 1.54) is 32.8 Å². The quantitative estimate of drug-likeness (QED) is 0.210. The van der Waals surface area contributed by atoms with Gasteiger partial charge in [0.1, 0.15) is 0 Å². The standard InChI is InChI=1S/C41H27N3/c1-3-9-28(10-4-1)34-20-22-37-26-35(21-23-36(37)25-34)30-15-18-32(19-16-30)40-42-39(31-12-5-2-6-13-31)43-41(44-40)38-24-17-29-11-7-8-14-33(29)27-38/h1-27H. The van der Waals surface area contributed by atoms with E-state index < -0.39 is 0 Å². The maximum atomic E-state index is 4.96. The number of rotatable bonds is 5. The Morgan fingerprint density at radius 3 is 1.18 bits per heavy atom. The smallest absolute Gasteiger partial charge is 0.164 e. The molecule has 0 saturated carbocycles. The highest BCUT2D eigenvalue weighted by Gasteiger charge is 2.13. The summed E-state index contributed by atoms with van der Waals surface area (Å²) >= 11 is 0. The van der Waals surface area contributed by atoms with E-state index in [1.54, 1.807) is 0 Å². The van der Waals surface area contributed by atoms with E-state index in [4.69, 9.17) is 15.0 Å². The van der Waals surface area contributed by atoms with Crippen molar-refractivity contribution in [2.24, 2.45) is 0 Å². The largest absolute Gasteiger partial charge is 0.208 e. The predicted octanol–water partition coefficient (Wildman–Crippen LogP) is 10.5. The predicted molar refractivity (Wildman–Crippen MR) is 182 cm³/mol. The molecule has 0 bridgehead atoms. The lowest BCUT2D eigenvalue weighted by Gasteiger charge is -2.10. The molecule has 0 aliphatic rings. The molecule has 0 aliphatic heterocycles. The highest BCUT2D eigenvalue weighted by Crippen LogP contribution is 2.31. The van der Waals surface area contributed by atoms with Gasteiger partial charge in [-0.1, -0.05) is 146 Å². The van der Waals surface area contributed by atoms with Crippen molar-refractivity contribution in [2.75, 3.05) is 0 Å². The summed E-state index contributed by atoms with van der Waals surface area (Å²) < 4.78 is 0. The number of benzene rings is 7. The first-order chi connectivity index (χ1) is 21.8. The molecule has 1 aromatic heterocycles. The molecule has 0 amide bonds. The third kappa shape index (κ3) is 5.01. The van der Waals surface area contributed by atoms with Gasteiger partial charge >= 0.3 is 0 Å². The summed E-state index contributed by atoms with van der Waals surface area (Å²) in [6.45, 7) is 0. The molecular weight excluding hydrogens is 534 g/mol. The second-order valence-electron chi connectivity index (χ2n) is 11.0. The molecule has 0 spiro atoms. The Morgan fingerprint density at radius 1 is 0.227 bits per heavy atom. The van der Waals surface area contributed by atoms with E-state index in [9.17, 15) is 0 Å². The topological polar surface area (TPSA) is 38.7 Å². The Balaban J connectivity index is 1.15. The fourth-order valence-electron chi connectivity index (χ4n) is 5.73. The summed E-state index contributed by atoms with van der Waals surface area (Å²) in [6.07, 6.45) is 0. The molecule has 0 aliphatic carbocycles. The van der Waals surface area contributed by atoms with Gasteiger partial charge in [-0.05, 0) is 62.0 Å². The lowest BCUT2D eigenvalue weighted by atomic mass is 9.97. The number of hydrogen-bond donors (Lipinski definition) is 0. The zero-order valence-electron chi connectivity index (χ0n) is 23.9. The monoisotopic (exact) mass is 561 g/mol. The van der Waals surface area contributed by atoms with E-state index in [-0.39, 0.29) is 0 Å². The highest BCUT2D eigenvalue weighted by molar-refractivity contribution is 5.91. The van der Waals surface area contributed by atoms with Gasteiger partial charge in [0.25, 0.3) is 0 Å². The van der Waals surface area contributed by atoms with Crippen LogP contribution in [0.5, 0.6) is 0 Å². The molecule has 0 saturated heterocycles. The van der Waals surface area contributed by atoms with Gasteiger partial charge in [-0.3, -0.25) is 0 Å². The maximum absolute atomic E-state index is 4.96. The molecule has 8 rings (SSSR count). The van der Waals surface area contributed by atoms with Crippen LogP contribution in [0, 0.1) is 0 Å². The van der Waals surface area contributed by atoms with Crippen molar-refractivity contribution >= 4 is 21.5 Å². The molecule has 7 aromatic carbocycles. The molecule has 3 heteroatoms. The summed E-state index contributed by atoms with van der Waals surface area (Å²) in [6, 6.07) is 57.1. The van der Waals surface area contributed by atoms with Crippen molar-refractivity contribution in [1.29, 1.82) is 0 Å². The van der Waals surface area contributed by atoms with E-state index in [0.29, 0.717) is 17.5 Å². The average molecular weight is 562 g/mol. The fraction of sp³-hybridized carbons (Fsp3) is 0. The molecule has 206 valence electrons. The molecule has 44 heavy (non-hydrogen) atoms. The fourth-order valence-corrected chi connectivity index (χ4v) is 5.73. The van der Waals surface area contributed by atoms with Crippen LogP contribution >= 0.6 is 0 Å². The minimum Gasteiger partial charge on any atom is -0.208 e. The lowest BCUT2D eigenvalue weighted by molar-refractivity contribution is 1.07. The second kappa shape index (κ2) is 11.0. The van der Waals surface area contributed by atoms with Crippen LogP contribution in [0.2, 0.25) is 0 Å². The van der Waals surface area contributed by atoms with Gasteiger partial charge in [-0.15, -0.1) is 0 Å². The Bertz CT molecular complexity index is 2260. The maximum Gasteiger partial charge on any atom is 0.164 e. The summed E-state index contributed by atoms with van der Waals surface area (Å²) in [4.78, 5) is 14.8. The highest BCUT2D eigenvalue weighted by atomic mass is 15.0. The van der Waals surface area contributed by atoms with Crippen LogP contribution in [-0.2, 0) is 0 Å². The van der Waals surface area contributed by atoms with Crippen LogP contribution in [0.4, 0.5) is 0 Å². The molecule has 0 fully saturated rings.